The average molecular weight is 467 g/mol. The monoisotopic (exact) mass is 466 g/mol. The second-order valence-electron chi connectivity index (χ2n) is 7.18. The topological polar surface area (TPSA) is 106 Å². The highest BCUT2D eigenvalue weighted by molar-refractivity contribution is 6.18. The van der Waals surface area contributed by atoms with Crippen molar-refractivity contribution in [3.8, 4) is 0 Å². The normalized spacial score (nSPS) is 26.9. The van der Waals surface area contributed by atoms with Crippen LogP contribution in [0.4, 0.5) is 5.69 Å². The highest BCUT2D eigenvalue weighted by atomic mass is 35.5. The molecular formula is C20H32Cl2N2O6. The van der Waals surface area contributed by atoms with Gasteiger partial charge in [0.25, 0.3) is 0 Å². The van der Waals surface area contributed by atoms with E-state index < -0.39 is 37.3 Å². The van der Waals surface area contributed by atoms with Gasteiger partial charge in [0.2, 0.25) is 0 Å². The van der Waals surface area contributed by atoms with Crippen LogP contribution in [-0.4, -0.2) is 101 Å². The molecule has 1 aliphatic heterocycles. The Hall–Kier alpha value is -0.680. The molecule has 10 heteroatoms. The molecule has 1 saturated heterocycles. The molecule has 0 aromatic heterocycles. The van der Waals surface area contributed by atoms with Crippen LogP contribution in [0.3, 0.4) is 0 Å². The van der Waals surface area contributed by atoms with Crippen molar-refractivity contribution in [1.29, 1.82) is 0 Å². The van der Waals surface area contributed by atoms with Crippen molar-refractivity contribution in [2.75, 3.05) is 50.0 Å². The van der Waals surface area contributed by atoms with Gasteiger partial charge in [0.05, 0.1) is 13.7 Å². The largest absolute Gasteiger partial charge is 0.394 e. The number of aliphatic hydroxyl groups is 4. The van der Waals surface area contributed by atoms with Crippen LogP contribution in [0.15, 0.2) is 24.3 Å². The van der Waals surface area contributed by atoms with Gasteiger partial charge in [-0.05, 0) is 30.5 Å². The fourth-order valence-electron chi connectivity index (χ4n) is 3.53. The number of benzene rings is 1. The fraction of sp³-hybridized carbons (Fsp3) is 0.700. The number of nitrogens with zero attached hydrogens (tertiary/aromatic N) is 2. The predicted octanol–water partition coefficient (Wildman–Crippen LogP) is 0.566. The van der Waals surface area contributed by atoms with Gasteiger partial charge in [-0.2, -0.15) is 5.06 Å². The van der Waals surface area contributed by atoms with E-state index in [4.69, 9.17) is 32.8 Å². The number of alkyl halides is 2. The van der Waals surface area contributed by atoms with Crippen molar-refractivity contribution < 1.29 is 30.0 Å². The van der Waals surface area contributed by atoms with E-state index in [2.05, 4.69) is 17.0 Å². The van der Waals surface area contributed by atoms with Gasteiger partial charge in [-0.1, -0.05) is 12.1 Å². The molecule has 2 rings (SSSR count). The van der Waals surface area contributed by atoms with Crippen LogP contribution in [0, 0.1) is 0 Å². The number of hydroxylamine groups is 2. The second-order valence-corrected chi connectivity index (χ2v) is 7.93. The molecular weight excluding hydrogens is 435 g/mol. The first kappa shape index (κ1) is 25.6. The molecule has 4 N–H and O–H groups in total. The first-order valence-electron chi connectivity index (χ1n) is 10.0. The number of rotatable bonds is 12. The molecule has 0 amide bonds. The Kier molecular flexibility index (Phi) is 11.1. The van der Waals surface area contributed by atoms with Crippen LogP contribution >= 0.6 is 23.2 Å². The van der Waals surface area contributed by atoms with E-state index in [1.165, 1.54) is 12.2 Å². The van der Waals surface area contributed by atoms with Crippen molar-refractivity contribution in [2.45, 2.75) is 43.5 Å². The minimum Gasteiger partial charge on any atom is -0.394 e. The molecule has 172 valence electrons. The summed E-state index contributed by atoms with van der Waals surface area (Å²) in [5.74, 6) is 1.06. The Morgan fingerprint density at radius 2 is 1.60 bits per heavy atom. The minimum atomic E-state index is -1.44. The molecule has 1 aliphatic rings. The number of aliphatic hydroxyl groups excluding tert-OH is 4. The summed E-state index contributed by atoms with van der Waals surface area (Å²) < 4.78 is 5.54. The second kappa shape index (κ2) is 13.0. The van der Waals surface area contributed by atoms with Gasteiger partial charge in [0, 0.05) is 37.1 Å². The van der Waals surface area contributed by atoms with E-state index in [-0.39, 0.29) is 0 Å². The molecule has 30 heavy (non-hydrogen) atoms. The molecule has 0 aliphatic carbocycles. The molecule has 1 heterocycles. The van der Waals surface area contributed by atoms with Crippen LogP contribution in [-0.2, 0) is 16.0 Å². The quantitative estimate of drug-likeness (QED) is 0.261. The summed E-state index contributed by atoms with van der Waals surface area (Å²) in [6.07, 6.45) is -4.68. The van der Waals surface area contributed by atoms with Gasteiger partial charge in [0.15, 0.2) is 6.23 Å². The van der Waals surface area contributed by atoms with Crippen LogP contribution in [0.25, 0.3) is 0 Å². The average Bonchev–Trinajstić information content (AvgIpc) is 2.76. The van der Waals surface area contributed by atoms with Crippen LogP contribution < -0.4 is 4.90 Å². The fourth-order valence-corrected chi connectivity index (χ4v) is 3.94. The van der Waals surface area contributed by atoms with Crippen molar-refractivity contribution >= 4 is 28.9 Å². The molecule has 1 aromatic carbocycles. The van der Waals surface area contributed by atoms with Crippen LogP contribution in [0.1, 0.15) is 12.0 Å². The third-order valence-corrected chi connectivity index (χ3v) is 5.58. The zero-order valence-corrected chi connectivity index (χ0v) is 18.6. The Morgan fingerprint density at radius 3 is 2.13 bits per heavy atom. The number of hydrogen-bond donors (Lipinski definition) is 4. The van der Waals surface area contributed by atoms with E-state index in [0.29, 0.717) is 24.7 Å². The van der Waals surface area contributed by atoms with E-state index in [9.17, 15) is 20.4 Å². The molecule has 0 radical (unpaired) electrons. The molecule has 0 spiro atoms. The maximum atomic E-state index is 10.2. The maximum absolute atomic E-state index is 10.2. The summed E-state index contributed by atoms with van der Waals surface area (Å²) in [5.41, 5.74) is 2.21. The van der Waals surface area contributed by atoms with Gasteiger partial charge in [-0.3, -0.25) is 4.84 Å². The highest BCUT2D eigenvalue weighted by Gasteiger charge is 2.45. The Balaban J connectivity index is 1.91. The number of aryl methyl sites for hydroxylation is 1. The molecule has 1 aromatic rings. The molecule has 0 bridgehead atoms. The molecule has 5 atom stereocenters. The van der Waals surface area contributed by atoms with Crippen molar-refractivity contribution in [1.82, 2.24) is 5.06 Å². The summed E-state index contributed by atoms with van der Waals surface area (Å²) in [6, 6.07) is 8.19. The van der Waals surface area contributed by atoms with Gasteiger partial charge in [-0.15, -0.1) is 23.2 Å². The van der Waals surface area contributed by atoms with Crippen LogP contribution in [0.5, 0.6) is 0 Å². The van der Waals surface area contributed by atoms with Crippen molar-refractivity contribution in [2.24, 2.45) is 0 Å². The first-order chi connectivity index (χ1) is 14.5. The van der Waals surface area contributed by atoms with Crippen molar-refractivity contribution in [3.63, 3.8) is 0 Å². The summed E-state index contributed by atoms with van der Waals surface area (Å²) in [6.45, 7) is 1.41. The summed E-state index contributed by atoms with van der Waals surface area (Å²) in [4.78, 5) is 7.46. The molecule has 1 fully saturated rings. The smallest absolute Gasteiger partial charge is 0.162 e. The zero-order chi connectivity index (χ0) is 22.1. The zero-order valence-electron chi connectivity index (χ0n) is 17.1. The summed E-state index contributed by atoms with van der Waals surface area (Å²) in [7, 11) is 1.44. The van der Waals surface area contributed by atoms with Gasteiger partial charge in [0.1, 0.15) is 24.4 Å². The van der Waals surface area contributed by atoms with Gasteiger partial charge < -0.3 is 30.1 Å². The van der Waals surface area contributed by atoms with Gasteiger partial charge in [-0.25, -0.2) is 0 Å². The lowest BCUT2D eigenvalue weighted by atomic mass is 9.98. The Morgan fingerprint density at radius 1 is 0.967 bits per heavy atom. The third-order valence-electron chi connectivity index (χ3n) is 5.24. The van der Waals surface area contributed by atoms with E-state index in [1.807, 2.05) is 12.1 Å². The molecule has 0 saturated carbocycles. The first-order valence-corrected chi connectivity index (χ1v) is 11.1. The third kappa shape index (κ3) is 6.66. The highest BCUT2D eigenvalue weighted by Crippen LogP contribution is 2.24. The number of anilines is 1. The summed E-state index contributed by atoms with van der Waals surface area (Å²) >= 11 is 11.7. The lowest BCUT2D eigenvalue weighted by molar-refractivity contribution is -0.327. The Bertz CT molecular complexity index is 603. The number of halogens is 2. The standard InChI is InChI=1S/C20H32Cl2N2O6/c1-29-24(20-19(28)18(27)17(26)16(13-25)30-20)10-2-3-14-4-6-15(7-5-14)23(11-8-21)12-9-22/h4-7,16-20,25-28H,2-3,8-13H2,1H3/t16-,17-,18+,19+,20?/m0/s1. The minimum absolute atomic E-state index is 0.422. The molecule has 1 unspecified atom stereocenters. The lowest BCUT2D eigenvalue weighted by Gasteiger charge is -2.43. The van der Waals surface area contributed by atoms with Crippen molar-refractivity contribution in [3.05, 3.63) is 29.8 Å². The number of hydrogen-bond acceptors (Lipinski definition) is 8. The summed E-state index contributed by atoms with van der Waals surface area (Å²) in [5, 5.41) is 40.9. The lowest BCUT2D eigenvalue weighted by Crippen LogP contribution is -2.63. The molecule has 8 nitrogen and oxygen atoms in total. The Labute approximate surface area is 187 Å². The van der Waals surface area contributed by atoms with Gasteiger partial charge >= 0.3 is 0 Å². The van der Waals surface area contributed by atoms with E-state index in [1.54, 1.807) is 0 Å². The van der Waals surface area contributed by atoms with E-state index in [0.717, 1.165) is 30.8 Å². The maximum Gasteiger partial charge on any atom is 0.162 e. The number of ether oxygens (including phenoxy) is 1. The SMILES string of the molecule is CON(CCCc1ccc(N(CCCl)CCCl)cc1)C1O[C@@H](CO)[C@H](O)[C@@H](O)[C@H]1O. The predicted molar refractivity (Wildman–Crippen MR) is 116 cm³/mol. The van der Waals surface area contributed by atoms with Crippen LogP contribution in [0.2, 0.25) is 0 Å². The van der Waals surface area contributed by atoms with E-state index >= 15 is 0 Å².